The number of rotatable bonds is 8. The molecule has 0 saturated carbocycles. The summed E-state index contributed by atoms with van der Waals surface area (Å²) in [7, 11) is -3.93. The Balaban J connectivity index is 1.85. The average Bonchev–Trinajstić information content (AvgIpc) is 2.75. The van der Waals surface area contributed by atoms with Crippen molar-refractivity contribution in [2.45, 2.75) is 31.3 Å². The van der Waals surface area contributed by atoms with Crippen LogP contribution in [0, 0.1) is 6.92 Å². The van der Waals surface area contributed by atoms with Crippen LogP contribution < -0.4 is 5.32 Å². The van der Waals surface area contributed by atoms with Crippen LogP contribution in [0.15, 0.2) is 82.2 Å². The van der Waals surface area contributed by atoms with Gasteiger partial charge in [0, 0.05) is 16.0 Å². The van der Waals surface area contributed by atoms with Crippen molar-refractivity contribution in [3.63, 3.8) is 0 Å². The van der Waals surface area contributed by atoms with Crippen LogP contribution in [-0.4, -0.2) is 25.2 Å². The van der Waals surface area contributed by atoms with E-state index in [9.17, 15) is 13.2 Å². The van der Waals surface area contributed by atoms with Crippen LogP contribution in [-0.2, 0) is 21.4 Å². The third-order valence-electron chi connectivity index (χ3n) is 5.11. The molecule has 3 aromatic carbocycles. The zero-order valence-corrected chi connectivity index (χ0v) is 20.9. The minimum atomic E-state index is -3.93. The highest BCUT2D eigenvalue weighted by Gasteiger charge is 2.28. The fourth-order valence-electron chi connectivity index (χ4n) is 3.27. The molecule has 0 saturated heterocycles. The second-order valence-electron chi connectivity index (χ2n) is 7.50. The zero-order chi connectivity index (χ0) is 23.3. The van der Waals surface area contributed by atoms with E-state index in [-0.39, 0.29) is 29.9 Å². The molecular weight excluding hydrogens is 512 g/mol. The van der Waals surface area contributed by atoms with E-state index in [4.69, 9.17) is 11.6 Å². The van der Waals surface area contributed by atoms with E-state index in [0.29, 0.717) is 5.02 Å². The summed E-state index contributed by atoms with van der Waals surface area (Å²) in [6, 6.07) is 20.8. The van der Waals surface area contributed by atoms with Crippen molar-refractivity contribution in [2.75, 3.05) is 6.54 Å². The summed E-state index contributed by atoms with van der Waals surface area (Å²) in [6.07, 6.45) is 0. The molecule has 0 aliphatic rings. The molecule has 0 unspecified atom stereocenters. The Morgan fingerprint density at radius 3 is 2.41 bits per heavy atom. The Morgan fingerprint density at radius 1 is 1.06 bits per heavy atom. The third-order valence-corrected chi connectivity index (χ3v) is 7.66. The molecule has 0 aliphatic heterocycles. The molecule has 1 amide bonds. The van der Waals surface area contributed by atoms with Gasteiger partial charge in [-0.05, 0) is 66.9 Å². The van der Waals surface area contributed by atoms with E-state index in [0.717, 1.165) is 21.2 Å². The molecule has 8 heteroatoms. The summed E-state index contributed by atoms with van der Waals surface area (Å²) in [5, 5.41) is 3.34. The van der Waals surface area contributed by atoms with E-state index < -0.39 is 10.0 Å². The molecule has 0 radical (unpaired) electrons. The smallest absolute Gasteiger partial charge is 0.243 e. The summed E-state index contributed by atoms with van der Waals surface area (Å²) in [6.45, 7) is 3.55. The second kappa shape index (κ2) is 10.6. The van der Waals surface area contributed by atoms with Crippen LogP contribution >= 0.6 is 27.5 Å². The molecule has 0 spiro atoms. The van der Waals surface area contributed by atoms with Crippen molar-refractivity contribution < 1.29 is 13.2 Å². The highest BCUT2D eigenvalue weighted by molar-refractivity contribution is 9.10. The fraction of sp³-hybridized carbons (Fsp3) is 0.208. The van der Waals surface area contributed by atoms with Gasteiger partial charge in [-0.3, -0.25) is 4.79 Å². The van der Waals surface area contributed by atoms with Gasteiger partial charge in [0.2, 0.25) is 15.9 Å². The molecular formula is C24H24BrClN2O3S. The van der Waals surface area contributed by atoms with Crippen LogP contribution in [0.4, 0.5) is 0 Å². The lowest BCUT2D eigenvalue weighted by Gasteiger charge is -2.24. The van der Waals surface area contributed by atoms with E-state index in [1.54, 1.807) is 0 Å². The van der Waals surface area contributed by atoms with Gasteiger partial charge in [0.15, 0.2) is 0 Å². The SMILES string of the molecule is Cc1ccccc1CN(CC(=O)N[C@H](C)c1cccc(Br)c1)S(=O)(=O)c1ccc(Cl)cc1. The van der Waals surface area contributed by atoms with Crippen LogP contribution in [0.5, 0.6) is 0 Å². The molecule has 32 heavy (non-hydrogen) atoms. The predicted octanol–water partition coefficient (Wildman–Crippen LogP) is 5.48. The maximum atomic E-state index is 13.4. The van der Waals surface area contributed by atoms with Crippen molar-refractivity contribution in [1.29, 1.82) is 0 Å². The standard InChI is InChI=1S/C24H24BrClN2O3S/c1-17-6-3-4-7-20(17)15-28(32(30,31)23-12-10-22(26)11-13-23)16-24(29)27-18(2)19-8-5-9-21(25)14-19/h3-14,18H,15-16H2,1-2H3,(H,27,29)/t18-/m1/s1. The summed E-state index contributed by atoms with van der Waals surface area (Å²) in [5.74, 6) is -0.386. The van der Waals surface area contributed by atoms with Crippen molar-refractivity contribution >= 4 is 43.5 Å². The van der Waals surface area contributed by atoms with E-state index in [1.165, 1.54) is 28.6 Å². The molecule has 168 valence electrons. The Morgan fingerprint density at radius 2 is 1.75 bits per heavy atom. The van der Waals surface area contributed by atoms with Gasteiger partial charge in [0.1, 0.15) is 0 Å². The lowest BCUT2D eigenvalue weighted by atomic mass is 10.1. The normalized spacial score (nSPS) is 12.5. The number of amides is 1. The lowest BCUT2D eigenvalue weighted by Crippen LogP contribution is -2.41. The number of sulfonamides is 1. The first kappa shape index (κ1) is 24.5. The third kappa shape index (κ3) is 6.19. The number of halogens is 2. The Bertz CT molecular complexity index is 1200. The topological polar surface area (TPSA) is 66.5 Å². The van der Waals surface area contributed by atoms with Crippen LogP contribution in [0.2, 0.25) is 5.02 Å². The molecule has 0 aromatic heterocycles. The number of hydrogen-bond acceptors (Lipinski definition) is 3. The Labute approximate surface area is 202 Å². The van der Waals surface area contributed by atoms with Crippen molar-refractivity contribution in [1.82, 2.24) is 9.62 Å². The molecule has 0 fully saturated rings. The molecule has 0 aliphatic carbocycles. The number of hydrogen-bond donors (Lipinski definition) is 1. The van der Waals surface area contributed by atoms with Gasteiger partial charge in [-0.1, -0.05) is 63.9 Å². The first-order chi connectivity index (χ1) is 15.2. The first-order valence-corrected chi connectivity index (χ1v) is 12.6. The monoisotopic (exact) mass is 534 g/mol. The highest BCUT2D eigenvalue weighted by atomic mass is 79.9. The number of aryl methyl sites for hydroxylation is 1. The van der Waals surface area contributed by atoms with Gasteiger partial charge in [-0.2, -0.15) is 4.31 Å². The number of nitrogens with zero attached hydrogens (tertiary/aromatic N) is 1. The minimum absolute atomic E-state index is 0.0797. The number of carbonyl (C=O) groups excluding carboxylic acids is 1. The number of carbonyl (C=O) groups is 1. The number of nitrogens with one attached hydrogen (secondary N) is 1. The fourth-order valence-corrected chi connectivity index (χ4v) is 5.18. The van der Waals surface area contributed by atoms with Crippen LogP contribution in [0.1, 0.15) is 29.7 Å². The molecule has 1 atom stereocenters. The van der Waals surface area contributed by atoms with Gasteiger partial charge in [0.05, 0.1) is 17.5 Å². The summed E-state index contributed by atoms with van der Waals surface area (Å²) in [5.41, 5.74) is 2.70. The zero-order valence-electron chi connectivity index (χ0n) is 17.8. The van der Waals surface area contributed by atoms with Gasteiger partial charge in [-0.15, -0.1) is 0 Å². The van der Waals surface area contributed by atoms with Crippen molar-refractivity contribution in [3.05, 3.63) is 99.0 Å². The van der Waals surface area contributed by atoms with Crippen LogP contribution in [0.25, 0.3) is 0 Å². The summed E-state index contributed by atoms with van der Waals surface area (Å²) in [4.78, 5) is 13.0. The maximum Gasteiger partial charge on any atom is 0.243 e. The largest absolute Gasteiger partial charge is 0.348 e. The maximum absolute atomic E-state index is 13.4. The quantitative estimate of drug-likeness (QED) is 0.415. The van der Waals surface area contributed by atoms with Crippen molar-refractivity contribution in [2.24, 2.45) is 0 Å². The highest BCUT2D eigenvalue weighted by Crippen LogP contribution is 2.22. The van der Waals surface area contributed by atoms with Gasteiger partial charge >= 0.3 is 0 Å². The van der Waals surface area contributed by atoms with E-state index in [1.807, 2.05) is 62.4 Å². The Hall–Kier alpha value is -2.19. The van der Waals surface area contributed by atoms with Crippen molar-refractivity contribution in [3.8, 4) is 0 Å². The molecule has 3 rings (SSSR count). The van der Waals surface area contributed by atoms with E-state index in [2.05, 4.69) is 21.2 Å². The first-order valence-electron chi connectivity index (χ1n) is 10.0. The molecule has 1 N–H and O–H groups in total. The molecule has 0 heterocycles. The predicted molar refractivity (Wildman–Crippen MR) is 131 cm³/mol. The molecule has 5 nitrogen and oxygen atoms in total. The minimum Gasteiger partial charge on any atom is -0.348 e. The Kier molecular flexibility index (Phi) is 8.11. The molecule has 3 aromatic rings. The van der Waals surface area contributed by atoms with Crippen LogP contribution in [0.3, 0.4) is 0 Å². The van der Waals surface area contributed by atoms with Gasteiger partial charge in [-0.25, -0.2) is 8.42 Å². The van der Waals surface area contributed by atoms with Gasteiger partial charge in [0.25, 0.3) is 0 Å². The molecule has 0 bridgehead atoms. The van der Waals surface area contributed by atoms with E-state index >= 15 is 0 Å². The summed E-state index contributed by atoms with van der Waals surface area (Å²) >= 11 is 9.36. The van der Waals surface area contributed by atoms with Gasteiger partial charge < -0.3 is 5.32 Å². The number of benzene rings is 3. The lowest BCUT2D eigenvalue weighted by molar-refractivity contribution is -0.122. The summed E-state index contributed by atoms with van der Waals surface area (Å²) < 4.78 is 28.9. The average molecular weight is 536 g/mol. The second-order valence-corrected chi connectivity index (χ2v) is 10.8.